The van der Waals surface area contributed by atoms with Gasteiger partial charge in [-0.25, -0.2) is 4.98 Å². The summed E-state index contributed by atoms with van der Waals surface area (Å²) < 4.78 is 5.03. The first-order valence-corrected chi connectivity index (χ1v) is 7.15. The topological polar surface area (TPSA) is 51.2 Å². The molecule has 1 N–H and O–H groups in total. The van der Waals surface area contributed by atoms with Crippen molar-refractivity contribution in [3.05, 3.63) is 59.2 Å². The van der Waals surface area contributed by atoms with Gasteiger partial charge in [-0.15, -0.1) is 0 Å². The summed E-state index contributed by atoms with van der Waals surface area (Å²) in [7, 11) is 0. The van der Waals surface area contributed by atoms with Crippen molar-refractivity contribution in [2.24, 2.45) is 0 Å². The molecule has 1 heterocycles. The molecule has 2 aromatic rings. The predicted octanol–water partition coefficient (Wildman–Crippen LogP) is 3.84. The van der Waals surface area contributed by atoms with E-state index in [0.29, 0.717) is 17.4 Å². The van der Waals surface area contributed by atoms with Crippen LogP contribution >= 0.6 is 11.6 Å². The third-order valence-corrected chi connectivity index (χ3v) is 3.19. The van der Waals surface area contributed by atoms with E-state index in [-0.39, 0.29) is 18.4 Å². The first-order chi connectivity index (χ1) is 10.2. The van der Waals surface area contributed by atoms with Gasteiger partial charge in [0.1, 0.15) is 5.82 Å². The number of esters is 1. The summed E-state index contributed by atoms with van der Waals surface area (Å²) in [5, 5.41) is 3.91. The molecular weight excluding hydrogens is 288 g/mol. The summed E-state index contributed by atoms with van der Waals surface area (Å²) in [5.41, 5.74) is 0.957. The molecule has 1 unspecified atom stereocenters. The molecule has 0 spiro atoms. The SMILES string of the molecule is CCOC(=O)CC(Nc1ccccn1)c1ccc(Cl)cc1. The Morgan fingerprint density at radius 1 is 1.29 bits per heavy atom. The maximum absolute atomic E-state index is 11.8. The second kappa shape index (κ2) is 7.64. The average Bonchev–Trinajstić information content (AvgIpc) is 2.49. The van der Waals surface area contributed by atoms with Gasteiger partial charge in [-0.05, 0) is 36.8 Å². The summed E-state index contributed by atoms with van der Waals surface area (Å²) in [6.07, 6.45) is 1.93. The second-order valence-electron chi connectivity index (χ2n) is 4.47. The highest BCUT2D eigenvalue weighted by atomic mass is 35.5. The molecule has 0 radical (unpaired) electrons. The molecule has 0 saturated carbocycles. The van der Waals surface area contributed by atoms with Crippen molar-refractivity contribution in [3.63, 3.8) is 0 Å². The molecule has 0 aliphatic carbocycles. The number of hydrogen-bond donors (Lipinski definition) is 1. The minimum absolute atomic E-state index is 0.212. The minimum Gasteiger partial charge on any atom is -0.466 e. The van der Waals surface area contributed by atoms with E-state index in [0.717, 1.165) is 5.56 Å². The van der Waals surface area contributed by atoms with E-state index in [9.17, 15) is 4.79 Å². The molecule has 2 rings (SSSR count). The van der Waals surface area contributed by atoms with Gasteiger partial charge < -0.3 is 10.1 Å². The van der Waals surface area contributed by atoms with Crippen LogP contribution < -0.4 is 5.32 Å². The van der Waals surface area contributed by atoms with Crippen LogP contribution in [0.25, 0.3) is 0 Å². The molecule has 4 nitrogen and oxygen atoms in total. The molecule has 1 atom stereocenters. The van der Waals surface area contributed by atoms with Crippen LogP contribution in [0, 0.1) is 0 Å². The third-order valence-electron chi connectivity index (χ3n) is 2.94. The minimum atomic E-state index is -0.249. The molecule has 0 fully saturated rings. The Hall–Kier alpha value is -2.07. The maximum atomic E-state index is 11.8. The van der Waals surface area contributed by atoms with Crippen LogP contribution in [0.4, 0.5) is 5.82 Å². The molecule has 1 aromatic heterocycles. The van der Waals surface area contributed by atoms with E-state index in [1.54, 1.807) is 25.3 Å². The zero-order chi connectivity index (χ0) is 15.1. The molecule has 0 saturated heterocycles. The number of rotatable bonds is 6. The van der Waals surface area contributed by atoms with Crippen molar-refractivity contribution in [1.82, 2.24) is 4.98 Å². The van der Waals surface area contributed by atoms with Crippen LogP contribution in [0.2, 0.25) is 5.02 Å². The lowest BCUT2D eigenvalue weighted by Gasteiger charge is -2.19. The van der Waals surface area contributed by atoms with Gasteiger partial charge in [0.2, 0.25) is 0 Å². The lowest BCUT2D eigenvalue weighted by Crippen LogP contribution is -2.17. The number of benzene rings is 1. The number of halogens is 1. The van der Waals surface area contributed by atoms with Gasteiger partial charge in [-0.3, -0.25) is 4.79 Å². The number of carbonyl (C=O) groups is 1. The van der Waals surface area contributed by atoms with E-state index < -0.39 is 0 Å². The van der Waals surface area contributed by atoms with Crippen molar-refractivity contribution in [1.29, 1.82) is 0 Å². The fraction of sp³-hybridized carbons (Fsp3) is 0.250. The number of aromatic nitrogens is 1. The van der Waals surface area contributed by atoms with Gasteiger partial charge in [0, 0.05) is 11.2 Å². The average molecular weight is 305 g/mol. The monoisotopic (exact) mass is 304 g/mol. The van der Waals surface area contributed by atoms with E-state index >= 15 is 0 Å². The normalized spacial score (nSPS) is 11.7. The van der Waals surface area contributed by atoms with Gasteiger partial charge in [-0.2, -0.15) is 0 Å². The van der Waals surface area contributed by atoms with Crippen molar-refractivity contribution >= 4 is 23.4 Å². The van der Waals surface area contributed by atoms with Crippen molar-refractivity contribution in [2.45, 2.75) is 19.4 Å². The van der Waals surface area contributed by atoms with Gasteiger partial charge >= 0.3 is 5.97 Å². The highest BCUT2D eigenvalue weighted by Crippen LogP contribution is 2.23. The first kappa shape index (κ1) is 15.3. The van der Waals surface area contributed by atoms with E-state index in [2.05, 4.69) is 10.3 Å². The summed E-state index contributed by atoms with van der Waals surface area (Å²) in [4.78, 5) is 16.0. The molecule has 0 aliphatic heterocycles. The van der Waals surface area contributed by atoms with Crippen LogP contribution in [0.1, 0.15) is 24.9 Å². The molecule has 0 aliphatic rings. The zero-order valence-electron chi connectivity index (χ0n) is 11.8. The van der Waals surface area contributed by atoms with Crippen LogP contribution in [0.5, 0.6) is 0 Å². The number of nitrogens with one attached hydrogen (secondary N) is 1. The number of hydrogen-bond acceptors (Lipinski definition) is 4. The molecule has 5 heteroatoms. The van der Waals surface area contributed by atoms with Crippen LogP contribution in [-0.4, -0.2) is 17.6 Å². The number of carbonyl (C=O) groups excluding carboxylic acids is 1. The molecular formula is C16H17ClN2O2. The van der Waals surface area contributed by atoms with Gasteiger partial charge in [0.05, 0.1) is 19.1 Å². The predicted molar refractivity (Wildman–Crippen MR) is 83.3 cm³/mol. The molecule has 21 heavy (non-hydrogen) atoms. The van der Waals surface area contributed by atoms with Gasteiger partial charge in [0.15, 0.2) is 0 Å². The quantitative estimate of drug-likeness (QED) is 0.824. The Labute approximate surface area is 129 Å². The Kier molecular flexibility index (Phi) is 5.58. The Balaban J connectivity index is 2.17. The number of ether oxygens (including phenoxy) is 1. The lowest BCUT2D eigenvalue weighted by atomic mass is 10.0. The van der Waals surface area contributed by atoms with Gasteiger partial charge in [-0.1, -0.05) is 29.8 Å². The van der Waals surface area contributed by atoms with Crippen LogP contribution in [0.3, 0.4) is 0 Å². The molecule has 110 valence electrons. The zero-order valence-corrected chi connectivity index (χ0v) is 12.5. The van der Waals surface area contributed by atoms with Crippen LogP contribution in [0.15, 0.2) is 48.7 Å². The lowest BCUT2D eigenvalue weighted by molar-refractivity contribution is -0.143. The summed E-state index contributed by atoms with van der Waals surface area (Å²) in [5.74, 6) is 0.461. The first-order valence-electron chi connectivity index (χ1n) is 6.77. The molecule has 0 bridgehead atoms. The van der Waals surface area contributed by atoms with E-state index in [4.69, 9.17) is 16.3 Å². The van der Waals surface area contributed by atoms with Crippen molar-refractivity contribution in [2.75, 3.05) is 11.9 Å². The largest absolute Gasteiger partial charge is 0.466 e. The fourth-order valence-corrected chi connectivity index (χ4v) is 2.09. The van der Waals surface area contributed by atoms with Crippen LogP contribution in [-0.2, 0) is 9.53 Å². The fourth-order valence-electron chi connectivity index (χ4n) is 1.96. The highest BCUT2D eigenvalue weighted by molar-refractivity contribution is 6.30. The Morgan fingerprint density at radius 2 is 2.05 bits per heavy atom. The Bertz CT molecular complexity index is 573. The second-order valence-corrected chi connectivity index (χ2v) is 4.91. The van der Waals surface area contributed by atoms with Crippen molar-refractivity contribution in [3.8, 4) is 0 Å². The van der Waals surface area contributed by atoms with Gasteiger partial charge in [0.25, 0.3) is 0 Å². The number of anilines is 1. The summed E-state index contributed by atoms with van der Waals surface area (Å²) >= 11 is 5.91. The Morgan fingerprint density at radius 3 is 2.67 bits per heavy atom. The number of nitrogens with zero attached hydrogens (tertiary/aromatic N) is 1. The summed E-state index contributed by atoms with van der Waals surface area (Å²) in [6, 6.07) is 12.8. The highest BCUT2D eigenvalue weighted by Gasteiger charge is 2.17. The summed E-state index contributed by atoms with van der Waals surface area (Å²) in [6.45, 7) is 2.16. The van der Waals surface area contributed by atoms with E-state index in [1.807, 2.05) is 30.3 Å². The molecule has 1 aromatic carbocycles. The standard InChI is InChI=1S/C16H17ClN2O2/c1-2-21-16(20)11-14(12-6-8-13(17)9-7-12)19-15-5-3-4-10-18-15/h3-10,14H,2,11H2,1H3,(H,18,19). The molecule has 0 amide bonds. The third kappa shape index (κ3) is 4.76. The van der Waals surface area contributed by atoms with E-state index in [1.165, 1.54) is 0 Å². The maximum Gasteiger partial charge on any atom is 0.308 e. The van der Waals surface area contributed by atoms with Crippen molar-refractivity contribution < 1.29 is 9.53 Å². The number of pyridine rings is 1. The smallest absolute Gasteiger partial charge is 0.308 e.